The quantitative estimate of drug-likeness (QED) is 0.702. The van der Waals surface area contributed by atoms with Gasteiger partial charge in [-0.05, 0) is 30.7 Å². The third kappa shape index (κ3) is 3.46. The highest BCUT2D eigenvalue weighted by Gasteiger charge is 2.40. The molecule has 0 aliphatic carbocycles. The van der Waals surface area contributed by atoms with Crippen LogP contribution in [-0.4, -0.2) is 31.1 Å². The SMILES string of the molecule is CCCC1(CCC)CN(CC(C)CN)C1. The molecule has 0 saturated carbocycles. The summed E-state index contributed by atoms with van der Waals surface area (Å²) in [6.45, 7) is 11.5. The third-order valence-electron chi connectivity index (χ3n) is 3.65. The van der Waals surface area contributed by atoms with Crippen molar-refractivity contribution in [2.24, 2.45) is 17.1 Å². The van der Waals surface area contributed by atoms with E-state index in [1.165, 1.54) is 45.3 Å². The van der Waals surface area contributed by atoms with Crippen LogP contribution in [0.4, 0.5) is 0 Å². The molecule has 0 aromatic carbocycles. The molecule has 1 saturated heterocycles. The molecule has 0 aromatic heterocycles. The van der Waals surface area contributed by atoms with E-state index >= 15 is 0 Å². The predicted molar refractivity (Wildman–Crippen MR) is 66.9 cm³/mol. The number of hydrogen-bond acceptors (Lipinski definition) is 2. The second kappa shape index (κ2) is 5.86. The minimum Gasteiger partial charge on any atom is -0.330 e. The van der Waals surface area contributed by atoms with Crippen LogP contribution >= 0.6 is 0 Å². The molecular weight excluding hydrogens is 184 g/mol. The molecule has 0 bridgehead atoms. The summed E-state index contributed by atoms with van der Waals surface area (Å²) in [5.74, 6) is 0.659. The van der Waals surface area contributed by atoms with Gasteiger partial charge in [0, 0.05) is 19.6 Å². The molecule has 15 heavy (non-hydrogen) atoms. The molecule has 1 heterocycles. The first kappa shape index (κ1) is 13.0. The normalized spacial score (nSPS) is 22.4. The molecule has 1 fully saturated rings. The summed E-state index contributed by atoms with van der Waals surface area (Å²) in [5, 5.41) is 0. The van der Waals surface area contributed by atoms with E-state index in [0.29, 0.717) is 11.3 Å². The van der Waals surface area contributed by atoms with Crippen LogP contribution in [0.5, 0.6) is 0 Å². The maximum atomic E-state index is 5.66. The highest BCUT2D eigenvalue weighted by atomic mass is 15.2. The highest BCUT2D eigenvalue weighted by molar-refractivity contribution is 4.94. The predicted octanol–water partition coefficient (Wildman–Crippen LogP) is 2.48. The molecule has 90 valence electrons. The van der Waals surface area contributed by atoms with Crippen LogP contribution in [0, 0.1) is 11.3 Å². The summed E-state index contributed by atoms with van der Waals surface area (Å²) >= 11 is 0. The van der Waals surface area contributed by atoms with Crippen molar-refractivity contribution < 1.29 is 0 Å². The standard InChI is InChI=1S/C13H28N2/c1-4-6-13(7-5-2)10-15(11-13)9-12(3)8-14/h12H,4-11,14H2,1-3H3. The van der Waals surface area contributed by atoms with Gasteiger partial charge in [-0.25, -0.2) is 0 Å². The van der Waals surface area contributed by atoms with Crippen LogP contribution in [0.3, 0.4) is 0 Å². The van der Waals surface area contributed by atoms with E-state index in [1.54, 1.807) is 0 Å². The Hall–Kier alpha value is -0.0800. The lowest BCUT2D eigenvalue weighted by atomic mass is 9.72. The Morgan fingerprint density at radius 1 is 1.20 bits per heavy atom. The lowest BCUT2D eigenvalue weighted by molar-refractivity contribution is -0.0218. The van der Waals surface area contributed by atoms with E-state index in [2.05, 4.69) is 25.7 Å². The summed E-state index contributed by atoms with van der Waals surface area (Å²) in [7, 11) is 0. The van der Waals surface area contributed by atoms with Crippen molar-refractivity contribution in [1.29, 1.82) is 0 Å². The number of nitrogens with zero attached hydrogens (tertiary/aromatic N) is 1. The first-order valence-electron chi connectivity index (χ1n) is 6.58. The fourth-order valence-corrected chi connectivity index (χ4v) is 3.05. The van der Waals surface area contributed by atoms with Crippen molar-refractivity contribution >= 4 is 0 Å². The molecule has 0 aromatic rings. The number of likely N-dealkylation sites (tertiary alicyclic amines) is 1. The van der Waals surface area contributed by atoms with Crippen LogP contribution < -0.4 is 5.73 Å². The molecule has 2 nitrogen and oxygen atoms in total. The van der Waals surface area contributed by atoms with Crippen LogP contribution in [0.1, 0.15) is 46.5 Å². The van der Waals surface area contributed by atoms with E-state index in [1.807, 2.05) is 0 Å². The monoisotopic (exact) mass is 212 g/mol. The maximum absolute atomic E-state index is 5.66. The van der Waals surface area contributed by atoms with Crippen LogP contribution in [0.15, 0.2) is 0 Å². The van der Waals surface area contributed by atoms with Crippen molar-refractivity contribution in [1.82, 2.24) is 4.90 Å². The number of nitrogens with two attached hydrogens (primary N) is 1. The second-order valence-corrected chi connectivity index (χ2v) is 5.51. The Morgan fingerprint density at radius 3 is 2.13 bits per heavy atom. The Bertz CT molecular complexity index is 165. The largest absolute Gasteiger partial charge is 0.330 e. The molecule has 0 radical (unpaired) electrons. The van der Waals surface area contributed by atoms with E-state index in [0.717, 1.165) is 6.54 Å². The third-order valence-corrected chi connectivity index (χ3v) is 3.65. The zero-order chi connectivity index (χ0) is 11.3. The second-order valence-electron chi connectivity index (χ2n) is 5.51. The topological polar surface area (TPSA) is 29.3 Å². The van der Waals surface area contributed by atoms with Gasteiger partial charge in [0.25, 0.3) is 0 Å². The zero-order valence-electron chi connectivity index (χ0n) is 10.8. The fraction of sp³-hybridized carbons (Fsp3) is 1.00. The van der Waals surface area contributed by atoms with Gasteiger partial charge < -0.3 is 10.6 Å². The van der Waals surface area contributed by atoms with Gasteiger partial charge in [0.05, 0.1) is 0 Å². The van der Waals surface area contributed by atoms with Gasteiger partial charge in [-0.3, -0.25) is 0 Å². The first-order chi connectivity index (χ1) is 7.15. The molecule has 1 aliphatic heterocycles. The first-order valence-corrected chi connectivity index (χ1v) is 6.58. The Kier molecular flexibility index (Phi) is 5.07. The summed E-state index contributed by atoms with van der Waals surface area (Å²) in [6, 6.07) is 0. The lowest BCUT2D eigenvalue weighted by Gasteiger charge is -2.51. The van der Waals surface area contributed by atoms with E-state index in [9.17, 15) is 0 Å². The van der Waals surface area contributed by atoms with Crippen molar-refractivity contribution in [2.75, 3.05) is 26.2 Å². The molecule has 1 rings (SSSR count). The molecule has 1 unspecified atom stereocenters. The van der Waals surface area contributed by atoms with Gasteiger partial charge in [-0.15, -0.1) is 0 Å². The van der Waals surface area contributed by atoms with Gasteiger partial charge in [-0.1, -0.05) is 33.6 Å². The molecule has 2 heteroatoms. The van der Waals surface area contributed by atoms with E-state index < -0.39 is 0 Å². The highest BCUT2D eigenvalue weighted by Crippen LogP contribution is 2.39. The molecule has 1 atom stereocenters. The van der Waals surface area contributed by atoms with Gasteiger partial charge in [-0.2, -0.15) is 0 Å². The molecule has 0 spiro atoms. The minimum atomic E-state index is 0.659. The van der Waals surface area contributed by atoms with Gasteiger partial charge >= 0.3 is 0 Å². The summed E-state index contributed by atoms with van der Waals surface area (Å²) < 4.78 is 0. The number of hydrogen-bond donors (Lipinski definition) is 1. The minimum absolute atomic E-state index is 0.659. The van der Waals surface area contributed by atoms with E-state index in [4.69, 9.17) is 5.73 Å². The van der Waals surface area contributed by atoms with Gasteiger partial charge in [0.1, 0.15) is 0 Å². The molecule has 1 aliphatic rings. The average Bonchev–Trinajstić information content (AvgIpc) is 2.15. The maximum Gasteiger partial charge on any atom is 0.00506 e. The van der Waals surface area contributed by atoms with Crippen molar-refractivity contribution in [3.63, 3.8) is 0 Å². The molecule has 2 N–H and O–H groups in total. The summed E-state index contributed by atoms with van der Waals surface area (Å²) in [6.07, 6.45) is 5.49. The molecular formula is C13H28N2. The van der Waals surface area contributed by atoms with Crippen LogP contribution in [0.25, 0.3) is 0 Å². The van der Waals surface area contributed by atoms with Crippen molar-refractivity contribution in [3.8, 4) is 0 Å². The van der Waals surface area contributed by atoms with Crippen LogP contribution in [-0.2, 0) is 0 Å². The van der Waals surface area contributed by atoms with E-state index in [-0.39, 0.29) is 0 Å². The Morgan fingerprint density at radius 2 is 1.73 bits per heavy atom. The summed E-state index contributed by atoms with van der Waals surface area (Å²) in [5.41, 5.74) is 6.32. The zero-order valence-corrected chi connectivity index (χ0v) is 10.8. The fourth-order valence-electron chi connectivity index (χ4n) is 3.05. The smallest absolute Gasteiger partial charge is 0.00506 e. The van der Waals surface area contributed by atoms with Crippen molar-refractivity contribution in [3.05, 3.63) is 0 Å². The van der Waals surface area contributed by atoms with Gasteiger partial charge in [0.2, 0.25) is 0 Å². The lowest BCUT2D eigenvalue weighted by Crippen LogP contribution is -2.57. The molecule has 0 amide bonds. The van der Waals surface area contributed by atoms with Crippen LogP contribution in [0.2, 0.25) is 0 Å². The van der Waals surface area contributed by atoms with Crippen molar-refractivity contribution in [2.45, 2.75) is 46.5 Å². The average molecular weight is 212 g/mol. The summed E-state index contributed by atoms with van der Waals surface area (Å²) in [4.78, 5) is 2.59. The Labute approximate surface area is 95.2 Å². The van der Waals surface area contributed by atoms with Gasteiger partial charge in [0.15, 0.2) is 0 Å². The Balaban J connectivity index is 2.30. The number of rotatable bonds is 7.